The Morgan fingerprint density at radius 2 is 2.03 bits per heavy atom. The highest BCUT2D eigenvalue weighted by molar-refractivity contribution is 14.0. The fraction of sp³-hybridized carbons (Fsp3) is 0.619. The number of rotatable bonds is 5. The molecule has 0 saturated carbocycles. The monoisotopic (exact) mass is 532 g/mol. The van der Waals surface area contributed by atoms with Gasteiger partial charge in [0.2, 0.25) is 0 Å². The summed E-state index contributed by atoms with van der Waals surface area (Å²) in [5, 5.41) is 3.40. The van der Waals surface area contributed by atoms with Crippen molar-refractivity contribution in [3.63, 3.8) is 0 Å². The molecule has 1 aromatic rings. The molecule has 2 atom stereocenters. The van der Waals surface area contributed by atoms with E-state index in [1.165, 1.54) is 0 Å². The number of hydrogen-bond donors (Lipinski definition) is 1. The number of guanidine groups is 1. The molecule has 9 heteroatoms. The van der Waals surface area contributed by atoms with Crippen LogP contribution in [0.2, 0.25) is 0 Å². The number of nitrogens with zero attached hydrogens (tertiary/aromatic N) is 3. The van der Waals surface area contributed by atoms with Gasteiger partial charge in [-0.1, -0.05) is 6.07 Å². The van der Waals surface area contributed by atoms with Crippen LogP contribution in [0.1, 0.15) is 27.7 Å². The zero-order chi connectivity index (χ0) is 21.0. The van der Waals surface area contributed by atoms with E-state index < -0.39 is 5.60 Å². The molecule has 30 heavy (non-hydrogen) atoms. The molecule has 2 heterocycles. The van der Waals surface area contributed by atoms with E-state index in [2.05, 4.69) is 15.2 Å². The minimum atomic E-state index is -0.480. The van der Waals surface area contributed by atoms with Crippen molar-refractivity contribution in [2.24, 2.45) is 4.99 Å². The number of benzene rings is 1. The predicted octanol–water partition coefficient (Wildman–Crippen LogP) is 2.96. The van der Waals surface area contributed by atoms with E-state index in [9.17, 15) is 4.79 Å². The molecule has 0 aromatic heterocycles. The smallest absolute Gasteiger partial charge is 0.410 e. The first-order valence-electron chi connectivity index (χ1n) is 10.1. The van der Waals surface area contributed by atoms with Crippen LogP contribution in [0.4, 0.5) is 4.79 Å². The van der Waals surface area contributed by atoms with Gasteiger partial charge in [-0.25, -0.2) is 4.79 Å². The van der Waals surface area contributed by atoms with Crippen molar-refractivity contribution in [1.82, 2.24) is 15.1 Å². The zero-order valence-corrected chi connectivity index (χ0v) is 20.7. The van der Waals surface area contributed by atoms with Crippen LogP contribution in [0.15, 0.2) is 29.3 Å². The van der Waals surface area contributed by atoms with Gasteiger partial charge in [0.25, 0.3) is 0 Å². The summed E-state index contributed by atoms with van der Waals surface area (Å²) in [6.45, 7) is 11.0. The molecule has 0 radical (unpaired) electrons. The number of ether oxygens (including phenoxy) is 3. The lowest BCUT2D eigenvalue weighted by atomic mass is 10.2. The number of piperazine rings is 1. The normalized spacial score (nSPS) is 19.2. The van der Waals surface area contributed by atoms with E-state index >= 15 is 0 Å². The average molecular weight is 532 g/mol. The minimum absolute atomic E-state index is 0. The van der Waals surface area contributed by atoms with Crippen LogP contribution >= 0.6 is 24.0 Å². The van der Waals surface area contributed by atoms with Gasteiger partial charge in [0.1, 0.15) is 23.2 Å². The first-order chi connectivity index (χ1) is 13.7. The Balaban J connectivity index is 0.00000320. The standard InChI is InChI=1S/C21H32N4O4.HI/c1-15(28-18-8-6-7-17(11-18)27-5)12-22-19-23-13-16-14-24(9-10-25(16)19)20(26)29-21(2,3)4;/h6-8,11,15-16H,9-10,12-14H2,1-5H3,(H,22,23);1H. The van der Waals surface area contributed by atoms with Crippen molar-refractivity contribution >= 4 is 36.0 Å². The van der Waals surface area contributed by atoms with Gasteiger partial charge in [0.05, 0.1) is 26.2 Å². The fourth-order valence-electron chi connectivity index (χ4n) is 3.41. The highest BCUT2D eigenvalue weighted by Gasteiger charge is 2.36. The summed E-state index contributed by atoms with van der Waals surface area (Å²) in [6, 6.07) is 7.77. The van der Waals surface area contributed by atoms with E-state index in [1.807, 2.05) is 52.0 Å². The maximum Gasteiger partial charge on any atom is 0.410 e. The molecule has 1 N–H and O–H groups in total. The molecule has 1 saturated heterocycles. The minimum Gasteiger partial charge on any atom is -0.497 e. The number of nitrogens with one attached hydrogen (secondary N) is 1. The molecule has 168 valence electrons. The Hall–Kier alpha value is -1.91. The summed E-state index contributed by atoms with van der Waals surface area (Å²) in [7, 11) is 1.64. The van der Waals surface area contributed by atoms with E-state index in [-0.39, 0.29) is 42.2 Å². The third-order valence-electron chi connectivity index (χ3n) is 4.78. The SMILES string of the molecule is COc1cccc(OC(C)CNC2=NCC3CN(C(=O)OC(C)(C)C)CCN23)c1.I. The Bertz CT molecular complexity index is 753. The molecule has 8 nitrogen and oxygen atoms in total. The van der Waals surface area contributed by atoms with Crippen molar-refractivity contribution < 1.29 is 19.0 Å². The number of hydrogen-bond acceptors (Lipinski definition) is 7. The molecule has 1 amide bonds. The number of carbonyl (C=O) groups is 1. The first-order valence-corrected chi connectivity index (χ1v) is 10.1. The van der Waals surface area contributed by atoms with Crippen molar-refractivity contribution in [2.75, 3.05) is 39.8 Å². The molecule has 2 aliphatic heterocycles. The highest BCUT2D eigenvalue weighted by atomic mass is 127. The molecular weight excluding hydrogens is 499 g/mol. The molecule has 0 aliphatic carbocycles. The molecule has 1 fully saturated rings. The number of halogens is 1. The molecule has 2 unspecified atom stereocenters. The summed E-state index contributed by atoms with van der Waals surface area (Å²) >= 11 is 0. The second-order valence-corrected chi connectivity index (χ2v) is 8.43. The van der Waals surface area contributed by atoms with Gasteiger partial charge in [-0.15, -0.1) is 24.0 Å². The third kappa shape index (κ3) is 6.55. The Morgan fingerprint density at radius 1 is 1.30 bits per heavy atom. The van der Waals surface area contributed by atoms with E-state index in [1.54, 1.807) is 12.0 Å². The van der Waals surface area contributed by atoms with Gasteiger partial charge in [-0.3, -0.25) is 4.99 Å². The number of carbonyl (C=O) groups excluding carboxylic acids is 1. The topological polar surface area (TPSA) is 75.6 Å². The van der Waals surface area contributed by atoms with Crippen LogP contribution in [0.5, 0.6) is 11.5 Å². The maximum atomic E-state index is 12.3. The van der Waals surface area contributed by atoms with E-state index in [0.717, 1.165) is 24.0 Å². The van der Waals surface area contributed by atoms with Crippen LogP contribution in [0.25, 0.3) is 0 Å². The molecule has 2 aliphatic rings. The highest BCUT2D eigenvalue weighted by Crippen LogP contribution is 2.21. The lowest BCUT2D eigenvalue weighted by molar-refractivity contribution is 0.0137. The van der Waals surface area contributed by atoms with Gasteiger partial charge >= 0.3 is 6.09 Å². The van der Waals surface area contributed by atoms with Gasteiger partial charge in [0, 0.05) is 25.7 Å². The molecule has 0 spiro atoms. The zero-order valence-electron chi connectivity index (χ0n) is 18.4. The second kappa shape index (κ2) is 10.4. The lowest BCUT2D eigenvalue weighted by Crippen LogP contribution is -2.58. The van der Waals surface area contributed by atoms with Crippen LogP contribution in [-0.2, 0) is 4.74 Å². The quantitative estimate of drug-likeness (QED) is 0.588. The van der Waals surface area contributed by atoms with Gasteiger partial charge in [-0.2, -0.15) is 0 Å². The van der Waals surface area contributed by atoms with Crippen LogP contribution < -0.4 is 14.8 Å². The molecule has 3 rings (SSSR count). The summed E-state index contributed by atoms with van der Waals surface area (Å²) in [5.74, 6) is 2.42. The van der Waals surface area contributed by atoms with Gasteiger partial charge < -0.3 is 29.3 Å². The van der Waals surface area contributed by atoms with Crippen LogP contribution in [0.3, 0.4) is 0 Å². The van der Waals surface area contributed by atoms with Crippen LogP contribution in [0, 0.1) is 0 Å². The van der Waals surface area contributed by atoms with Crippen molar-refractivity contribution in [3.8, 4) is 11.5 Å². The predicted molar refractivity (Wildman–Crippen MR) is 127 cm³/mol. The lowest BCUT2D eigenvalue weighted by Gasteiger charge is -2.39. The maximum absolute atomic E-state index is 12.3. The van der Waals surface area contributed by atoms with E-state index in [0.29, 0.717) is 26.2 Å². The number of amides is 1. The summed E-state index contributed by atoms with van der Waals surface area (Å²) in [4.78, 5) is 21.0. The van der Waals surface area contributed by atoms with Gasteiger partial charge in [0.15, 0.2) is 5.96 Å². The van der Waals surface area contributed by atoms with Crippen molar-refractivity contribution in [3.05, 3.63) is 24.3 Å². The van der Waals surface area contributed by atoms with E-state index in [4.69, 9.17) is 14.2 Å². The Kier molecular flexibility index (Phi) is 8.45. The first kappa shape index (κ1) is 24.4. The number of methoxy groups -OCH3 is 1. The Labute approximate surface area is 196 Å². The summed E-state index contributed by atoms with van der Waals surface area (Å²) in [6.07, 6.45) is -0.286. The Morgan fingerprint density at radius 3 is 2.73 bits per heavy atom. The molecule has 0 bridgehead atoms. The second-order valence-electron chi connectivity index (χ2n) is 8.43. The fourth-order valence-corrected chi connectivity index (χ4v) is 3.41. The molecule has 1 aromatic carbocycles. The third-order valence-corrected chi connectivity index (χ3v) is 4.78. The van der Waals surface area contributed by atoms with Crippen molar-refractivity contribution in [2.45, 2.75) is 45.4 Å². The van der Waals surface area contributed by atoms with Crippen LogP contribution in [-0.4, -0.2) is 79.4 Å². The number of fused-ring (bicyclic) bond motifs is 1. The average Bonchev–Trinajstić information content (AvgIpc) is 3.07. The van der Waals surface area contributed by atoms with Crippen molar-refractivity contribution in [1.29, 1.82) is 0 Å². The summed E-state index contributed by atoms with van der Waals surface area (Å²) < 4.78 is 16.7. The number of aliphatic imine (C=N–C) groups is 1. The summed E-state index contributed by atoms with van der Waals surface area (Å²) in [5.41, 5.74) is -0.480. The van der Waals surface area contributed by atoms with Gasteiger partial charge in [-0.05, 0) is 39.8 Å². The largest absolute Gasteiger partial charge is 0.497 e. The molecular formula is C21H33IN4O4.